The smallest absolute Gasteiger partial charge is 0 e. The minimum Gasteiger partial charge on any atom is 0 e. The maximum Gasteiger partial charge on any atom is 0 e. The van der Waals surface area contributed by atoms with Gasteiger partial charge in [0, 0.05) is 19.5 Å². The van der Waals surface area contributed by atoms with Crippen molar-refractivity contribution in [1.82, 2.24) is 0 Å². The number of benzene rings is 4. The molecule has 10 heteroatoms. The number of aryl methyl sites for hydroxylation is 8. The first kappa shape index (κ1) is 46.2. The molecule has 0 fully saturated rings. The van der Waals surface area contributed by atoms with E-state index in [2.05, 4.69) is 166 Å². The van der Waals surface area contributed by atoms with Gasteiger partial charge >= 0.3 is 33.0 Å². The van der Waals surface area contributed by atoms with Gasteiger partial charge in [-0.25, -0.2) is 0 Å². The predicted octanol–water partition coefficient (Wildman–Crippen LogP) is 14.0. The van der Waals surface area contributed by atoms with Crippen molar-refractivity contribution in [2.24, 2.45) is 11.8 Å². The van der Waals surface area contributed by atoms with Crippen LogP contribution >= 0.6 is 23.7 Å². The topological polar surface area (TPSA) is 0 Å². The van der Waals surface area contributed by atoms with E-state index in [1.165, 1.54) is 78.6 Å². The quantitative estimate of drug-likeness (QED) is 0.0716. The van der Waals surface area contributed by atoms with E-state index in [9.17, 15) is 25.2 Å². The summed E-state index contributed by atoms with van der Waals surface area (Å²) in [5.41, 5.74) is 12.1. The fourth-order valence-corrected chi connectivity index (χ4v) is 14.3. The van der Waals surface area contributed by atoms with E-state index >= 15 is 0 Å². The molecular formula is C44H54F6P3Rh-. The average molecular weight is 893 g/mol. The first-order valence-electron chi connectivity index (χ1n) is 18.1. The molecule has 0 saturated carbocycles. The van der Waals surface area contributed by atoms with Gasteiger partial charge in [-0.3, -0.25) is 0 Å². The molecule has 0 unspecified atom stereocenters. The largest absolute Gasteiger partial charge is 0 e. The summed E-state index contributed by atoms with van der Waals surface area (Å²) in [5, 5.41) is 6.09. The van der Waals surface area contributed by atoms with Crippen molar-refractivity contribution < 1.29 is 44.7 Å². The number of halogens is 6. The molecule has 4 aromatic carbocycles. The summed E-state index contributed by atoms with van der Waals surface area (Å²) in [4.78, 5) is 0. The Kier molecular flexibility index (Phi) is 15.0. The second-order valence-corrected chi connectivity index (χ2v) is 22.6. The van der Waals surface area contributed by atoms with E-state index in [0.29, 0.717) is 11.3 Å². The zero-order valence-corrected chi connectivity index (χ0v) is 37.2. The number of allylic oxidation sites excluding steroid dienone is 4. The molecule has 0 saturated heterocycles. The summed E-state index contributed by atoms with van der Waals surface area (Å²) in [6.45, 7) is 23.0. The normalized spacial score (nSPS) is 18.2. The Morgan fingerprint density at radius 1 is 0.444 bits per heavy atom. The Bertz CT molecular complexity index is 1650. The van der Waals surface area contributed by atoms with Crippen LogP contribution in [-0.4, -0.2) is 11.3 Å². The van der Waals surface area contributed by atoms with Crippen LogP contribution in [0, 0.1) is 67.2 Å². The van der Waals surface area contributed by atoms with Crippen molar-refractivity contribution in [3.63, 3.8) is 0 Å². The molecule has 0 heterocycles. The molecule has 2 bridgehead atoms. The Morgan fingerprint density at radius 3 is 0.778 bits per heavy atom. The van der Waals surface area contributed by atoms with Crippen LogP contribution < -0.4 is 21.2 Å². The maximum absolute atomic E-state index is 10.7. The monoisotopic (exact) mass is 892 g/mol. The van der Waals surface area contributed by atoms with Crippen LogP contribution in [0.25, 0.3) is 0 Å². The van der Waals surface area contributed by atoms with Crippen molar-refractivity contribution >= 4 is 44.9 Å². The fraction of sp³-hybridized carbons (Fsp3) is 0.364. The average Bonchev–Trinajstić information content (AvgIpc) is 3.61. The summed E-state index contributed by atoms with van der Waals surface area (Å²) in [6.07, 6.45) is 11.8. The molecule has 0 nitrogen and oxygen atoms in total. The van der Waals surface area contributed by atoms with Crippen LogP contribution in [0.2, 0.25) is 0 Å². The van der Waals surface area contributed by atoms with Gasteiger partial charge < -0.3 is 0 Å². The number of hydrogen-bond donors (Lipinski definition) is 0. The molecule has 6 rings (SSSR count). The molecule has 0 aromatic heterocycles. The van der Waals surface area contributed by atoms with E-state index in [1.54, 1.807) is 0 Å². The first-order valence-corrected chi connectivity index (χ1v) is 23.0. The van der Waals surface area contributed by atoms with Gasteiger partial charge in [0.2, 0.25) is 0 Å². The summed E-state index contributed by atoms with van der Waals surface area (Å²) in [7, 11) is -11.6. The van der Waals surface area contributed by atoms with Gasteiger partial charge in [-0.05, 0) is 128 Å². The van der Waals surface area contributed by atoms with Gasteiger partial charge in [-0.1, -0.05) is 155 Å². The molecule has 2 aliphatic carbocycles. The standard InChI is InChI=1S/C37H46P2.C7H8.F6P.Rh/c1-24-11-25(2)16-34(15-24)38(35-17-26(3)12-27(4)18-35)32(9)23-33(10)39(36-19-28(5)13-29(6)20-36)37-21-30(7)14-31(8)22-37;1-2-7-4-3-6(1)5-7;1-7(2,3,4,5)6;/h11-22,32-33H,23H2,1-10H3;1-4,6-7H,5H2;;/q;;-1;/t32-,33-;;;/m0.../s1. The summed E-state index contributed by atoms with van der Waals surface area (Å²) in [6, 6.07) is 28.9. The molecule has 4 aromatic rings. The summed E-state index contributed by atoms with van der Waals surface area (Å²) in [5.74, 6) is 1.62. The molecule has 0 spiro atoms. The van der Waals surface area contributed by atoms with Gasteiger partial charge in [0.05, 0.1) is 0 Å². The molecule has 2 atom stereocenters. The second kappa shape index (κ2) is 17.6. The second-order valence-electron chi connectivity index (χ2n) is 15.3. The molecule has 54 heavy (non-hydrogen) atoms. The van der Waals surface area contributed by atoms with Crippen LogP contribution in [0.1, 0.15) is 71.2 Å². The van der Waals surface area contributed by atoms with Crippen LogP contribution in [0.5, 0.6) is 0 Å². The number of fused-ring (bicyclic) bond motifs is 2. The van der Waals surface area contributed by atoms with E-state index in [0.717, 1.165) is 11.8 Å². The third-order valence-corrected chi connectivity index (χ3v) is 14.7. The van der Waals surface area contributed by atoms with Crippen LogP contribution in [0.15, 0.2) is 97.1 Å². The zero-order chi connectivity index (χ0) is 39.5. The zero-order valence-electron chi connectivity index (χ0n) is 32.9. The van der Waals surface area contributed by atoms with E-state index in [1.807, 2.05) is 0 Å². The Balaban J connectivity index is 0.000000434. The predicted molar refractivity (Wildman–Crippen MR) is 223 cm³/mol. The minimum absolute atomic E-state index is 0. The Hall–Kier alpha value is -2.15. The van der Waals surface area contributed by atoms with Gasteiger partial charge in [0.15, 0.2) is 0 Å². The molecule has 1 radical (unpaired) electrons. The maximum atomic E-state index is 9.87. The van der Waals surface area contributed by atoms with Crippen molar-refractivity contribution in [2.75, 3.05) is 0 Å². The van der Waals surface area contributed by atoms with Crippen LogP contribution in [-0.2, 0) is 19.5 Å². The van der Waals surface area contributed by atoms with Crippen molar-refractivity contribution in [1.29, 1.82) is 0 Å². The molecular weight excluding hydrogens is 838 g/mol. The first-order chi connectivity index (χ1) is 24.3. The summed E-state index contributed by atoms with van der Waals surface area (Å²) < 4.78 is 59.2. The van der Waals surface area contributed by atoms with Crippen molar-refractivity contribution in [3.05, 3.63) is 142 Å². The van der Waals surface area contributed by atoms with Gasteiger partial charge in [0.1, 0.15) is 0 Å². The molecule has 0 aliphatic heterocycles. The third-order valence-electron chi connectivity index (χ3n) is 9.26. The van der Waals surface area contributed by atoms with Crippen LogP contribution in [0.3, 0.4) is 0 Å². The van der Waals surface area contributed by atoms with Gasteiger partial charge in [-0.15, -0.1) is 0 Å². The van der Waals surface area contributed by atoms with E-state index in [4.69, 9.17) is 0 Å². The fourth-order valence-electron chi connectivity index (χ4n) is 7.71. The minimum atomic E-state index is -10.7. The van der Waals surface area contributed by atoms with Gasteiger partial charge in [0.25, 0.3) is 0 Å². The van der Waals surface area contributed by atoms with Crippen molar-refractivity contribution in [2.45, 2.75) is 93.4 Å². The SMILES string of the molecule is C1=CC2C=CC1C2.Cc1cc(C)cc(P(c2cc(C)cc(C)c2)[C@@H](C)C[C@H](C)P(c2cc(C)cc(C)c2)c2cc(C)cc(C)c2)c1.F[P-](F)(F)(F)(F)F.[Rh]. The van der Waals surface area contributed by atoms with E-state index in [-0.39, 0.29) is 19.5 Å². The number of hydrogen-bond acceptors (Lipinski definition) is 0. The van der Waals surface area contributed by atoms with Gasteiger partial charge in [-0.2, -0.15) is 0 Å². The number of rotatable bonds is 8. The molecule has 0 amide bonds. The molecule has 2 aliphatic rings. The summed E-state index contributed by atoms with van der Waals surface area (Å²) >= 11 is 0. The Morgan fingerprint density at radius 2 is 0.630 bits per heavy atom. The van der Waals surface area contributed by atoms with E-state index < -0.39 is 23.7 Å². The van der Waals surface area contributed by atoms with Crippen molar-refractivity contribution in [3.8, 4) is 0 Å². The van der Waals surface area contributed by atoms with Crippen LogP contribution in [0.4, 0.5) is 25.2 Å². The molecule has 297 valence electrons. The third kappa shape index (κ3) is 15.4. The Labute approximate surface area is 334 Å². The molecule has 0 N–H and O–H groups in total.